The van der Waals surface area contributed by atoms with Gasteiger partial charge in [0.1, 0.15) is 5.82 Å². The second kappa shape index (κ2) is 3.96. The summed E-state index contributed by atoms with van der Waals surface area (Å²) in [6, 6.07) is 7.62. The summed E-state index contributed by atoms with van der Waals surface area (Å²) >= 11 is 0. The molecule has 0 unspecified atom stereocenters. The van der Waals surface area contributed by atoms with Gasteiger partial charge in [-0.05, 0) is 18.2 Å². The number of pyridine rings is 2. The molecule has 0 saturated carbocycles. The van der Waals surface area contributed by atoms with E-state index in [2.05, 4.69) is 9.97 Å². The smallest absolute Gasteiger partial charge is 0.125 e. The predicted molar refractivity (Wildman–Crippen MR) is 60.9 cm³/mol. The van der Waals surface area contributed by atoms with Crippen LogP contribution in [-0.2, 0) is 0 Å². The zero-order valence-electron chi connectivity index (χ0n) is 8.46. The van der Waals surface area contributed by atoms with Crippen molar-refractivity contribution < 1.29 is 0 Å². The maximum atomic E-state index is 5.62. The van der Waals surface area contributed by atoms with Gasteiger partial charge >= 0.3 is 0 Å². The maximum absolute atomic E-state index is 5.62. The standard InChI is InChI=1S/C11H12N4/c1-15(10-3-2-5-13-8-10)9-4-6-14-11(12)7-9/h2-8H,1H3,(H2,12,14). The van der Waals surface area contributed by atoms with Crippen molar-refractivity contribution in [3.05, 3.63) is 42.9 Å². The van der Waals surface area contributed by atoms with Gasteiger partial charge in [-0.15, -0.1) is 0 Å². The first kappa shape index (κ1) is 9.45. The van der Waals surface area contributed by atoms with Crippen LogP contribution >= 0.6 is 0 Å². The molecule has 0 saturated heterocycles. The molecule has 0 radical (unpaired) electrons. The molecular formula is C11H12N4. The fourth-order valence-electron chi connectivity index (χ4n) is 1.35. The van der Waals surface area contributed by atoms with Crippen LogP contribution in [0.4, 0.5) is 17.2 Å². The van der Waals surface area contributed by atoms with Gasteiger partial charge < -0.3 is 10.6 Å². The van der Waals surface area contributed by atoms with Crippen LogP contribution in [0.1, 0.15) is 0 Å². The molecule has 2 N–H and O–H groups in total. The molecule has 2 aromatic heterocycles. The number of nitrogen functional groups attached to an aromatic ring is 1. The quantitative estimate of drug-likeness (QED) is 0.803. The second-order valence-corrected chi connectivity index (χ2v) is 3.21. The molecule has 4 nitrogen and oxygen atoms in total. The van der Waals surface area contributed by atoms with E-state index >= 15 is 0 Å². The number of nitrogens with zero attached hydrogens (tertiary/aromatic N) is 3. The number of nitrogens with two attached hydrogens (primary N) is 1. The Labute approximate surface area is 88.4 Å². The molecule has 2 rings (SSSR count). The Hall–Kier alpha value is -2.10. The van der Waals surface area contributed by atoms with Crippen molar-refractivity contribution in [2.75, 3.05) is 17.7 Å². The monoisotopic (exact) mass is 200 g/mol. The molecule has 0 bridgehead atoms. The van der Waals surface area contributed by atoms with Gasteiger partial charge in [0.25, 0.3) is 0 Å². The van der Waals surface area contributed by atoms with Crippen LogP contribution in [0.5, 0.6) is 0 Å². The molecule has 4 heteroatoms. The van der Waals surface area contributed by atoms with Gasteiger partial charge in [0.2, 0.25) is 0 Å². The first-order valence-electron chi connectivity index (χ1n) is 4.62. The highest BCUT2D eigenvalue weighted by Crippen LogP contribution is 2.22. The average Bonchev–Trinajstić information content (AvgIpc) is 2.29. The van der Waals surface area contributed by atoms with Crippen LogP contribution < -0.4 is 10.6 Å². The van der Waals surface area contributed by atoms with Gasteiger partial charge in [-0.3, -0.25) is 4.98 Å². The van der Waals surface area contributed by atoms with E-state index in [0.29, 0.717) is 5.82 Å². The SMILES string of the molecule is CN(c1cccnc1)c1ccnc(N)c1. The topological polar surface area (TPSA) is 55.0 Å². The minimum Gasteiger partial charge on any atom is -0.384 e. The van der Waals surface area contributed by atoms with E-state index in [1.165, 1.54) is 0 Å². The van der Waals surface area contributed by atoms with Gasteiger partial charge in [-0.1, -0.05) is 0 Å². The number of rotatable bonds is 2. The van der Waals surface area contributed by atoms with Gasteiger partial charge in [-0.2, -0.15) is 0 Å². The Morgan fingerprint density at radius 3 is 2.73 bits per heavy atom. The first-order chi connectivity index (χ1) is 7.27. The van der Waals surface area contributed by atoms with Crippen LogP contribution in [0.2, 0.25) is 0 Å². The Bertz CT molecular complexity index is 441. The summed E-state index contributed by atoms with van der Waals surface area (Å²) in [6.45, 7) is 0. The Balaban J connectivity index is 2.32. The predicted octanol–water partition coefficient (Wildman–Crippen LogP) is 1.83. The minimum atomic E-state index is 0.517. The van der Waals surface area contributed by atoms with Crippen LogP contribution in [0.25, 0.3) is 0 Å². The van der Waals surface area contributed by atoms with E-state index in [0.717, 1.165) is 11.4 Å². The van der Waals surface area contributed by atoms with Crippen molar-refractivity contribution in [1.29, 1.82) is 0 Å². The highest BCUT2D eigenvalue weighted by Gasteiger charge is 2.03. The van der Waals surface area contributed by atoms with E-state index in [1.54, 1.807) is 18.6 Å². The summed E-state index contributed by atoms with van der Waals surface area (Å²) < 4.78 is 0. The van der Waals surface area contributed by atoms with Crippen molar-refractivity contribution in [1.82, 2.24) is 9.97 Å². The van der Waals surface area contributed by atoms with Crippen molar-refractivity contribution in [2.45, 2.75) is 0 Å². The summed E-state index contributed by atoms with van der Waals surface area (Å²) in [7, 11) is 1.96. The maximum Gasteiger partial charge on any atom is 0.125 e. The molecule has 0 aromatic carbocycles. The molecule has 0 spiro atoms. The average molecular weight is 200 g/mol. The largest absolute Gasteiger partial charge is 0.384 e. The molecule has 0 aliphatic heterocycles. The normalized spacial score (nSPS) is 9.93. The van der Waals surface area contributed by atoms with Crippen molar-refractivity contribution in [3.8, 4) is 0 Å². The lowest BCUT2D eigenvalue weighted by Gasteiger charge is -2.18. The zero-order chi connectivity index (χ0) is 10.7. The van der Waals surface area contributed by atoms with Gasteiger partial charge in [0, 0.05) is 31.2 Å². The van der Waals surface area contributed by atoms with E-state index in [-0.39, 0.29) is 0 Å². The number of hydrogen-bond donors (Lipinski definition) is 1. The van der Waals surface area contributed by atoms with Crippen molar-refractivity contribution in [3.63, 3.8) is 0 Å². The fraction of sp³-hybridized carbons (Fsp3) is 0.0909. The third-order valence-corrected chi connectivity index (χ3v) is 2.19. The van der Waals surface area contributed by atoms with Crippen molar-refractivity contribution in [2.24, 2.45) is 0 Å². The van der Waals surface area contributed by atoms with Crippen LogP contribution in [0.15, 0.2) is 42.9 Å². The fourth-order valence-corrected chi connectivity index (χ4v) is 1.35. The number of hydrogen-bond acceptors (Lipinski definition) is 4. The molecule has 0 atom stereocenters. The molecule has 76 valence electrons. The molecular weight excluding hydrogens is 188 g/mol. The van der Waals surface area contributed by atoms with Gasteiger partial charge in [0.15, 0.2) is 0 Å². The molecule has 15 heavy (non-hydrogen) atoms. The summed E-state index contributed by atoms with van der Waals surface area (Å²) in [4.78, 5) is 10.0. The number of anilines is 3. The molecule has 2 heterocycles. The molecule has 0 aliphatic rings. The van der Waals surface area contributed by atoms with Gasteiger partial charge in [0.05, 0.1) is 11.9 Å². The Kier molecular flexibility index (Phi) is 2.49. The summed E-state index contributed by atoms with van der Waals surface area (Å²) in [5.74, 6) is 0.517. The molecule has 0 fully saturated rings. The summed E-state index contributed by atoms with van der Waals surface area (Å²) in [5.41, 5.74) is 7.63. The highest BCUT2D eigenvalue weighted by molar-refractivity contribution is 5.63. The van der Waals surface area contributed by atoms with Crippen LogP contribution in [0.3, 0.4) is 0 Å². The lowest BCUT2D eigenvalue weighted by Crippen LogP contribution is -2.10. The third-order valence-electron chi connectivity index (χ3n) is 2.19. The van der Waals surface area contributed by atoms with Crippen LogP contribution in [-0.4, -0.2) is 17.0 Å². The lowest BCUT2D eigenvalue weighted by molar-refractivity contribution is 1.16. The van der Waals surface area contributed by atoms with E-state index in [9.17, 15) is 0 Å². The first-order valence-corrected chi connectivity index (χ1v) is 4.62. The van der Waals surface area contributed by atoms with E-state index in [1.807, 2.05) is 36.2 Å². The van der Waals surface area contributed by atoms with E-state index in [4.69, 9.17) is 5.73 Å². The molecule has 0 aliphatic carbocycles. The van der Waals surface area contributed by atoms with Crippen LogP contribution in [0, 0.1) is 0 Å². The minimum absolute atomic E-state index is 0.517. The second-order valence-electron chi connectivity index (χ2n) is 3.21. The summed E-state index contributed by atoms with van der Waals surface area (Å²) in [6.07, 6.45) is 5.24. The zero-order valence-corrected chi connectivity index (χ0v) is 8.46. The lowest BCUT2D eigenvalue weighted by atomic mass is 10.3. The summed E-state index contributed by atoms with van der Waals surface area (Å²) in [5, 5.41) is 0. The Morgan fingerprint density at radius 1 is 1.20 bits per heavy atom. The molecule has 0 amide bonds. The van der Waals surface area contributed by atoms with E-state index < -0.39 is 0 Å². The van der Waals surface area contributed by atoms with Crippen molar-refractivity contribution >= 4 is 17.2 Å². The van der Waals surface area contributed by atoms with Gasteiger partial charge in [-0.25, -0.2) is 4.98 Å². The third kappa shape index (κ3) is 2.04. The Morgan fingerprint density at radius 2 is 2.07 bits per heavy atom. The molecule has 2 aromatic rings. The number of aromatic nitrogens is 2. The highest BCUT2D eigenvalue weighted by atomic mass is 15.1.